The first-order valence-electron chi connectivity index (χ1n) is 2.96. The van der Waals surface area contributed by atoms with Gasteiger partial charge in [0.1, 0.15) is 0 Å². The number of nitrogens with one attached hydrogen (secondary N) is 1. The van der Waals surface area contributed by atoms with Gasteiger partial charge in [-0.15, -0.1) is 0 Å². The Hall–Kier alpha value is -0.216. The van der Waals surface area contributed by atoms with Crippen LogP contribution >= 0.6 is 0 Å². The zero-order valence-electron chi connectivity index (χ0n) is 6.57. The van der Waals surface area contributed by atoms with Gasteiger partial charge in [-0.1, -0.05) is 7.05 Å². The zero-order valence-corrected chi connectivity index (χ0v) is 9.41. The average molecular weight is 226 g/mol. The van der Waals surface area contributed by atoms with Crippen molar-refractivity contribution in [1.29, 1.82) is 0 Å². The number of aromatic nitrogens is 2. The largest absolute Gasteiger partial charge is 0.468 e. The van der Waals surface area contributed by atoms with Gasteiger partial charge in [0.05, 0.1) is 0 Å². The van der Waals surface area contributed by atoms with Gasteiger partial charge in [-0.2, -0.15) is 0 Å². The van der Waals surface area contributed by atoms with Gasteiger partial charge in [0, 0.05) is 58.0 Å². The molecule has 0 aliphatic carbocycles. The first-order chi connectivity index (χ1) is 4.86. The van der Waals surface area contributed by atoms with Crippen LogP contribution in [0.1, 0.15) is 0 Å². The SMILES string of the molecule is C[N-]c1cncc(NC)n1.[Y]. The molecule has 1 aromatic rings. The van der Waals surface area contributed by atoms with Crippen LogP contribution in [-0.2, 0) is 32.7 Å². The van der Waals surface area contributed by atoms with E-state index < -0.39 is 0 Å². The van der Waals surface area contributed by atoms with Gasteiger partial charge in [0.15, 0.2) is 0 Å². The zero-order chi connectivity index (χ0) is 7.40. The van der Waals surface area contributed by atoms with E-state index in [9.17, 15) is 0 Å². The third-order valence-electron chi connectivity index (χ3n) is 1.11. The minimum Gasteiger partial charge on any atom is -0.468 e. The predicted octanol–water partition coefficient (Wildman–Crippen LogP) is 1.15. The molecule has 57 valence electrons. The molecule has 0 atom stereocenters. The summed E-state index contributed by atoms with van der Waals surface area (Å²) in [6, 6.07) is 0. The van der Waals surface area contributed by atoms with E-state index in [0.717, 1.165) is 5.82 Å². The van der Waals surface area contributed by atoms with Gasteiger partial charge in [0.2, 0.25) is 0 Å². The summed E-state index contributed by atoms with van der Waals surface area (Å²) in [5.41, 5.74) is 0. The third-order valence-corrected chi connectivity index (χ3v) is 1.11. The van der Waals surface area contributed by atoms with Gasteiger partial charge < -0.3 is 15.6 Å². The molecule has 1 heterocycles. The van der Waals surface area contributed by atoms with Crippen LogP contribution in [0.15, 0.2) is 12.4 Å². The molecule has 0 spiro atoms. The van der Waals surface area contributed by atoms with Crippen LogP contribution in [0.3, 0.4) is 0 Å². The Morgan fingerprint density at radius 2 is 2.18 bits per heavy atom. The first-order valence-corrected chi connectivity index (χ1v) is 2.96. The van der Waals surface area contributed by atoms with E-state index in [1.807, 2.05) is 0 Å². The van der Waals surface area contributed by atoms with Gasteiger partial charge in [-0.3, -0.25) is 4.98 Å². The van der Waals surface area contributed by atoms with Gasteiger partial charge >= 0.3 is 0 Å². The maximum atomic E-state index is 4.07. The Morgan fingerprint density at radius 3 is 2.73 bits per heavy atom. The third kappa shape index (κ3) is 3.12. The fraction of sp³-hybridized carbons (Fsp3) is 0.333. The van der Waals surface area contributed by atoms with Crippen LogP contribution in [0.25, 0.3) is 5.32 Å². The Labute approximate surface area is 91.1 Å². The summed E-state index contributed by atoms with van der Waals surface area (Å²) >= 11 is 0. The van der Waals surface area contributed by atoms with E-state index in [2.05, 4.69) is 20.6 Å². The summed E-state index contributed by atoms with van der Waals surface area (Å²) in [7, 11) is 3.48. The average Bonchev–Trinajstić information content (AvgIpc) is 2.05. The fourth-order valence-electron chi connectivity index (χ4n) is 0.584. The molecule has 0 aliphatic rings. The molecule has 0 saturated heterocycles. The Kier molecular flexibility index (Phi) is 5.33. The number of hydrogen-bond acceptors (Lipinski definition) is 3. The van der Waals surface area contributed by atoms with Crippen LogP contribution in [0.2, 0.25) is 0 Å². The minimum atomic E-state index is 0. The van der Waals surface area contributed by atoms with Crippen molar-refractivity contribution < 1.29 is 32.7 Å². The van der Waals surface area contributed by atoms with Crippen LogP contribution in [-0.4, -0.2) is 24.1 Å². The van der Waals surface area contributed by atoms with Crippen molar-refractivity contribution in [2.45, 2.75) is 0 Å². The second-order valence-electron chi connectivity index (χ2n) is 1.74. The number of hydrogen-bond donors (Lipinski definition) is 1. The van der Waals surface area contributed by atoms with Crippen molar-refractivity contribution in [2.75, 3.05) is 19.4 Å². The van der Waals surface area contributed by atoms with E-state index in [4.69, 9.17) is 0 Å². The summed E-state index contributed by atoms with van der Waals surface area (Å²) in [6.07, 6.45) is 3.26. The molecule has 0 amide bonds. The molecule has 1 aromatic heterocycles. The van der Waals surface area contributed by atoms with Gasteiger partial charge in [-0.05, 0) is 5.82 Å². The summed E-state index contributed by atoms with van der Waals surface area (Å²) < 4.78 is 0. The van der Waals surface area contributed by atoms with Gasteiger partial charge in [0.25, 0.3) is 0 Å². The summed E-state index contributed by atoms with van der Waals surface area (Å²) in [5.74, 6) is 1.38. The van der Waals surface area contributed by atoms with E-state index >= 15 is 0 Å². The molecule has 0 aromatic carbocycles. The van der Waals surface area contributed by atoms with Crippen LogP contribution in [0.5, 0.6) is 0 Å². The Bertz CT molecular complexity index is 196. The van der Waals surface area contributed by atoms with E-state index in [1.165, 1.54) is 0 Å². The van der Waals surface area contributed by atoms with Crippen molar-refractivity contribution in [2.24, 2.45) is 0 Å². The second-order valence-corrected chi connectivity index (χ2v) is 1.74. The normalized spacial score (nSPS) is 8.18. The second kappa shape index (κ2) is 5.44. The van der Waals surface area contributed by atoms with Crippen molar-refractivity contribution in [1.82, 2.24) is 9.97 Å². The fourth-order valence-corrected chi connectivity index (χ4v) is 0.584. The molecule has 0 aliphatic heterocycles. The number of nitrogens with zero attached hydrogens (tertiary/aromatic N) is 3. The van der Waals surface area contributed by atoms with Crippen molar-refractivity contribution in [3.05, 3.63) is 17.7 Å². The van der Waals surface area contributed by atoms with Crippen molar-refractivity contribution >= 4 is 11.6 Å². The molecule has 11 heavy (non-hydrogen) atoms. The smallest absolute Gasteiger partial charge is 0.0460 e. The topological polar surface area (TPSA) is 51.9 Å². The van der Waals surface area contributed by atoms with Crippen LogP contribution in [0, 0.1) is 0 Å². The quantitative estimate of drug-likeness (QED) is 0.822. The van der Waals surface area contributed by atoms with Crippen molar-refractivity contribution in [3.63, 3.8) is 0 Å². The maximum absolute atomic E-state index is 4.07. The monoisotopic (exact) mass is 226 g/mol. The molecular formula is C6H9N4Y-. The maximum Gasteiger partial charge on any atom is 0.0460 e. The molecule has 0 unspecified atom stereocenters. The minimum absolute atomic E-state index is 0. The van der Waals surface area contributed by atoms with Crippen LogP contribution < -0.4 is 5.32 Å². The van der Waals surface area contributed by atoms with E-state index in [1.54, 1.807) is 26.5 Å². The Morgan fingerprint density at radius 1 is 1.45 bits per heavy atom. The number of anilines is 1. The Balaban J connectivity index is 0.000001000. The summed E-state index contributed by atoms with van der Waals surface area (Å²) in [5, 5.41) is 6.73. The van der Waals surface area contributed by atoms with Gasteiger partial charge in [-0.25, -0.2) is 0 Å². The molecular weight excluding hydrogens is 217 g/mol. The summed E-state index contributed by atoms with van der Waals surface area (Å²) in [4.78, 5) is 7.98. The van der Waals surface area contributed by atoms with Crippen molar-refractivity contribution in [3.8, 4) is 0 Å². The predicted molar refractivity (Wildman–Crippen MR) is 40.5 cm³/mol. The molecule has 0 saturated carbocycles. The first kappa shape index (κ1) is 10.8. The molecule has 0 fully saturated rings. The molecule has 4 nitrogen and oxygen atoms in total. The molecule has 1 rings (SSSR count). The van der Waals surface area contributed by atoms with E-state index in [-0.39, 0.29) is 32.7 Å². The molecule has 0 bridgehead atoms. The standard InChI is InChI=1S/C6H9N4.Y/c1-7-5-3-9-4-6(8-2)10-5;/h3-4H,1-2H3,(H-,7,8,10);/q-1;. The molecule has 1 radical (unpaired) electrons. The molecule has 5 heteroatoms. The van der Waals surface area contributed by atoms with Crippen LogP contribution in [0.4, 0.5) is 11.6 Å². The van der Waals surface area contributed by atoms with E-state index in [0.29, 0.717) is 5.82 Å². The molecule has 1 N–H and O–H groups in total. The summed E-state index contributed by atoms with van der Waals surface area (Å²) in [6.45, 7) is 0. The number of rotatable bonds is 2.